The van der Waals surface area contributed by atoms with E-state index in [4.69, 9.17) is 5.73 Å². The zero-order chi connectivity index (χ0) is 12.9. The fourth-order valence-electron chi connectivity index (χ4n) is 0.781. The van der Waals surface area contributed by atoms with Crippen LogP contribution in [0.1, 0.15) is 61.3 Å². The molecule has 2 heteroatoms. The average Bonchev–Trinajstić information content (AvgIpc) is 2.31. The van der Waals surface area contributed by atoms with Gasteiger partial charge in [-0.25, -0.2) is 0 Å². The second-order valence-electron chi connectivity index (χ2n) is 3.65. The standard InChI is InChI=1S/C9H22N2.2C2H6/c1-5-9(3,10)7-8-11(4)6-2;2*1-2/h5-8,10H2,1-4H3;2*1-2H3. The summed E-state index contributed by atoms with van der Waals surface area (Å²) in [7, 11) is 2.13. The molecule has 0 aromatic carbocycles. The van der Waals surface area contributed by atoms with Gasteiger partial charge < -0.3 is 10.6 Å². The smallest absolute Gasteiger partial charge is 0.0135 e. The highest BCUT2D eigenvalue weighted by atomic mass is 15.1. The maximum atomic E-state index is 5.99. The summed E-state index contributed by atoms with van der Waals surface area (Å²) in [5.74, 6) is 0. The topological polar surface area (TPSA) is 29.3 Å². The first-order valence-corrected chi connectivity index (χ1v) is 6.49. The first kappa shape index (κ1) is 20.3. The molecule has 1 unspecified atom stereocenters. The van der Waals surface area contributed by atoms with Crippen molar-refractivity contribution in [3.63, 3.8) is 0 Å². The van der Waals surface area contributed by atoms with Crippen molar-refractivity contribution in [2.24, 2.45) is 5.73 Å². The fourth-order valence-corrected chi connectivity index (χ4v) is 0.781. The van der Waals surface area contributed by atoms with Crippen LogP contribution in [0.3, 0.4) is 0 Å². The van der Waals surface area contributed by atoms with Gasteiger partial charge in [0.05, 0.1) is 0 Å². The summed E-state index contributed by atoms with van der Waals surface area (Å²) in [6, 6.07) is 0. The highest BCUT2D eigenvalue weighted by molar-refractivity contribution is 4.77. The second-order valence-corrected chi connectivity index (χ2v) is 3.65. The van der Waals surface area contributed by atoms with Crippen LogP contribution in [0, 0.1) is 0 Å². The molecule has 0 heterocycles. The molecule has 15 heavy (non-hydrogen) atoms. The molecule has 2 N–H and O–H groups in total. The Kier molecular flexibility index (Phi) is 18.9. The van der Waals surface area contributed by atoms with Gasteiger partial charge in [0.15, 0.2) is 0 Å². The maximum absolute atomic E-state index is 5.99. The molecule has 0 saturated heterocycles. The Morgan fingerprint density at radius 2 is 1.47 bits per heavy atom. The Hall–Kier alpha value is -0.0800. The third-order valence-corrected chi connectivity index (χ3v) is 2.41. The molecule has 0 amide bonds. The highest BCUT2D eigenvalue weighted by Gasteiger charge is 2.15. The average molecular weight is 218 g/mol. The van der Waals surface area contributed by atoms with Crippen LogP contribution in [0.5, 0.6) is 0 Å². The van der Waals surface area contributed by atoms with Gasteiger partial charge in [-0.1, -0.05) is 41.5 Å². The van der Waals surface area contributed by atoms with E-state index < -0.39 is 0 Å². The Morgan fingerprint density at radius 1 is 1.07 bits per heavy atom. The van der Waals surface area contributed by atoms with Crippen LogP contribution in [0.4, 0.5) is 0 Å². The lowest BCUT2D eigenvalue weighted by molar-refractivity contribution is 0.294. The number of nitrogens with zero attached hydrogens (tertiary/aromatic N) is 1. The number of hydrogen-bond donors (Lipinski definition) is 1. The first-order valence-electron chi connectivity index (χ1n) is 6.49. The lowest BCUT2D eigenvalue weighted by atomic mass is 9.96. The SMILES string of the molecule is CC.CC.CCN(C)CCC(C)(N)CC. The normalized spacial score (nSPS) is 13.2. The molecular weight excluding hydrogens is 184 g/mol. The van der Waals surface area contributed by atoms with Crippen molar-refractivity contribution < 1.29 is 0 Å². The first-order chi connectivity index (χ1) is 7.02. The van der Waals surface area contributed by atoms with Gasteiger partial charge in [-0.05, 0) is 39.9 Å². The number of rotatable bonds is 5. The Morgan fingerprint density at radius 3 is 1.73 bits per heavy atom. The predicted octanol–water partition coefficient (Wildman–Crippen LogP) is 3.51. The summed E-state index contributed by atoms with van der Waals surface area (Å²) in [6.45, 7) is 16.7. The molecule has 0 aromatic heterocycles. The van der Waals surface area contributed by atoms with Crippen molar-refractivity contribution in [2.45, 2.75) is 66.8 Å². The molecule has 0 fully saturated rings. The van der Waals surface area contributed by atoms with Crippen molar-refractivity contribution in [2.75, 3.05) is 20.1 Å². The fraction of sp³-hybridized carbons (Fsp3) is 1.00. The summed E-state index contributed by atoms with van der Waals surface area (Å²) in [5.41, 5.74) is 6.02. The largest absolute Gasteiger partial charge is 0.325 e. The van der Waals surface area contributed by atoms with Crippen LogP contribution in [0.25, 0.3) is 0 Å². The molecule has 0 spiro atoms. The molecule has 0 aliphatic heterocycles. The number of hydrogen-bond acceptors (Lipinski definition) is 2. The van der Waals surface area contributed by atoms with E-state index in [1.54, 1.807) is 0 Å². The van der Waals surface area contributed by atoms with Crippen LogP contribution in [-0.4, -0.2) is 30.6 Å². The van der Waals surface area contributed by atoms with Gasteiger partial charge >= 0.3 is 0 Å². The molecule has 96 valence electrons. The van der Waals surface area contributed by atoms with Crippen LogP contribution in [-0.2, 0) is 0 Å². The van der Waals surface area contributed by atoms with Gasteiger partial charge in [0, 0.05) is 5.54 Å². The van der Waals surface area contributed by atoms with Gasteiger partial charge in [0.1, 0.15) is 0 Å². The van der Waals surface area contributed by atoms with Crippen molar-refractivity contribution in [3.05, 3.63) is 0 Å². The van der Waals surface area contributed by atoms with Crippen LogP contribution in [0.2, 0.25) is 0 Å². The lowest BCUT2D eigenvalue weighted by Crippen LogP contribution is -2.38. The predicted molar refractivity (Wildman–Crippen MR) is 73.4 cm³/mol. The molecule has 0 rings (SSSR count). The third-order valence-electron chi connectivity index (χ3n) is 2.41. The summed E-state index contributed by atoms with van der Waals surface area (Å²) in [5, 5.41) is 0. The Labute approximate surface area is 98.2 Å². The molecular formula is C13H34N2. The van der Waals surface area contributed by atoms with E-state index in [-0.39, 0.29) is 5.54 Å². The highest BCUT2D eigenvalue weighted by Crippen LogP contribution is 2.09. The molecule has 0 aliphatic rings. The van der Waals surface area contributed by atoms with Gasteiger partial charge in [-0.15, -0.1) is 0 Å². The van der Waals surface area contributed by atoms with E-state index in [2.05, 4.69) is 32.7 Å². The summed E-state index contributed by atoms with van der Waals surface area (Å²) in [6.07, 6.45) is 2.15. The Bertz CT molecular complexity index is 101. The van der Waals surface area contributed by atoms with Crippen LogP contribution < -0.4 is 5.73 Å². The molecule has 2 nitrogen and oxygen atoms in total. The quantitative estimate of drug-likeness (QED) is 0.765. The minimum Gasteiger partial charge on any atom is -0.325 e. The van der Waals surface area contributed by atoms with E-state index in [9.17, 15) is 0 Å². The van der Waals surface area contributed by atoms with E-state index >= 15 is 0 Å². The number of nitrogens with two attached hydrogens (primary N) is 1. The van der Waals surface area contributed by atoms with Gasteiger partial charge in [-0.2, -0.15) is 0 Å². The molecule has 0 saturated carbocycles. The maximum Gasteiger partial charge on any atom is 0.0135 e. The van der Waals surface area contributed by atoms with E-state index in [1.807, 2.05) is 27.7 Å². The van der Waals surface area contributed by atoms with Crippen LogP contribution >= 0.6 is 0 Å². The third kappa shape index (κ3) is 16.6. The molecule has 0 aromatic rings. The molecule has 0 aliphatic carbocycles. The van der Waals surface area contributed by atoms with Gasteiger partial charge in [0.2, 0.25) is 0 Å². The van der Waals surface area contributed by atoms with E-state index in [1.165, 1.54) is 0 Å². The minimum absolute atomic E-state index is 0.0312. The lowest BCUT2D eigenvalue weighted by Gasteiger charge is -2.25. The zero-order valence-electron chi connectivity index (χ0n) is 12.4. The second kappa shape index (κ2) is 13.9. The summed E-state index contributed by atoms with van der Waals surface area (Å²) in [4.78, 5) is 2.29. The monoisotopic (exact) mass is 218 g/mol. The van der Waals surface area contributed by atoms with Crippen LogP contribution in [0.15, 0.2) is 0 Å². The van der Waals surface area contributed by atoms with Gasteiger partial charge in [-0.3, -0.25) is 0 Å². The van der Waals surface area contributed by atoms with Crippen molar-refractivity contribution in [1.29, 1.82) is 0 Å². The van der Waals surface area contributed by atoms with E-state index in [0.717, 1.165) is 25.9 Å². The summed E-state index contributed by atoms with van der Waals surface area (Å²) >= 11 is 0. The van der Waals surface area contributed by atoms with Gasteiger partial charge in [0.25, 0.3) is 0 Å². The van der Waals surface area contributed by atoms with Crippen molar-refractivity contribution in [1.82, 2.24) is 4.90 Å². The molecule has 0 radical (unpaired) electrons. The minimum atomic E-state index is 0.0312. The van der Waals surface area contributed by atoms with Crippen molar-refractivity contribution >= 4 is 0 Å². The van der Waals surface area contributed by atoms with Crippen molar-refractivity contribution in [3.8, 4) is 0 Å². The van der Waals surface area contributed by atoms with E-state index in [0.29, 0.717) is 0 Å². The zero-order valence-corrected chi connectivity index (χ0v) is 12.4. The molecule has 1 atom stereocenters. The summed E-state index contributed by atoms with van der Waals surface area (Å²) < 4.78 is 0. The molecule has 0 bridgehead atoms. The Balaban J connectivity index is -0.000000318.